The van der Waals surface area contributed by atoms with Crippen molar-refractivity contribution >= 4 is 21.7 Å². The lowest BCUT2D eigenvalue weighted by atomic mass is 10.0. The molecular formula is C14H22BrN3O. The van der Waals surface area contributed by atoms with Crippen LogP contribution in [-0.4, -0.2) is 16.6 Å². The highest BCUT2D eigenvalue weighted by atomic mass is 79.9. The van der Waals surface area contributed by atoms with Crippen LogP contribution in [0.5, 0.6) is 0 Å². The molecule has 1 aromatic heterocycles. The number of anilines is 1. The van der Waals surface area contributed by atoms with Crippen LogP contribution in [0.25, 0.3) is 0 Å². The van der Waals surface area contributed by atoms with Gasteiger partial charge in [0.05, 0.1) is 10.2 Å². The van der Waals surface area contributed by atoms with Gasteiger partial charge in [0.2, 0.25) is 0 Å². The average molecular weight is 328 g/mol. The van der Waals surface area contributed by atoms with Crippen molar-refractivity contribution < 1.29 is 4.74 Å². The molecule has 4 nitrogen and oxygen atoms in total. The fourth-order valence-corrected chi connectivity index (χ4v) is 3.15. The van der Waals surface area contributed by atoms with E-state index in [9.17, 15) is 0 Å². The Hall–Kier alpha value is -0.680. The first-order valence-corrected chi connectivity index (χ1v) is 7.72. The van der Waals surface area contributed by atoms with E-state index in [-0.39, 0.29) is 0 Å². The molecule has 2 N–H and O–H groups in total. The molecular weight excluding hydrogens is 306 g/mol. The SMILES string of the molecule is CCOC(C)(C)c1nc(N)c(Br)c(C2CCCC2)n1. The second kappa shape index (κ2) is 5.75. The number of nitrogens with zero attached hydrogens (tertiary/aromatic N) is 2. The van der Waals surface area contributed by atoms with E-state index in [1.165, 1.54) is 25.7 Å². The third-order valence-corrected chi connectivity index (χ3v) is 4.50. The van der Waals surface area contributed by atoms with Gasteiger partial charge in [0.25, 0.3) is 0 Å². The summed E-state index contributed by atoms with van der Waals surface area (Å²) in [6.45, 7) is 6.57. The highest BCUT2D eigenvalue weighted by Gasteiger charge is 2.29. The molecule has 1 fully saturated rings. The second-order valence-electron chi connectivity index (χ2n) is 5.56. The number of nitrogens with two attached hydrogens (primary N) is 1. The van der Waals surface area contributed by atoms with Gasteiger partial charge in [-0.25, -0.2) is 9.97 Å². The summed E-state index contributed by atoms with van der Waals surface area (Å²) < 4.78 is 6.59. The topological polar surface area (TPSA) is 61.0 Å². The maximum atomic E-state index is 6.03. The summed E-state index contributed by atoms with van der Waals surface area (Å²) in [5.41, 5.74) is 6.57. The average Bonchev–Trinajstić information content (AvgIpc) is 2.85. The van der Waals surface area contributed by atoms with Gasteiger partial charge in [-0.2, -0.15) is 0 Å². The monoisotopic (exact) mass is 327 g/mol. The third kappa shape index (κ3) is 3.08. The van der Waals surface area contributed by atoms with Crippen molar-refractivity contribution in [2.45, 2.75) is 58.0 Å². The van der Waals surface area contributed by atoms with Crippen LogP contribution in [0.2, 0.25) is 0 Å². The predicted molar refractivity (Wildman–Crippen MR) is 80.0 cm³/mol. The zero-order valence-corrected chi connectivity index (χ0v) is 13.5. The number of hydrogen-bond donors (Lipinski definition) is 1. The van der Waals surface area contributed by atoms with Crippen LogP contribution in [0.15, 0.2) is 4.47 Å². The Labute approximate surface area is 123 Å². The highest BCUT2D eigenvalue weighted by molar-refractivity contribution is 9.10. The Bertz CT molecular complexity index is 456. The molecule has 0 aromatic carbocycles. The molecule has 1 aliphatic carbocycles. The lowest BCUT2D eigenvalue weighted by Crippen LogP contribution is -2.26. The summed E-state index contributed by atoms with van der Waals surface area (Å²) in [6, 6.07) is 0. The Morgan fingerprint density at radius 1 is 1.32 bits per heavy atom. The molecule has 1 heterocycles. The summed E-state index contributed by atoms with van der Waals surface area (Å²) in [4.78, 5) is 9.13. The van der Waals surface area contributed by atoms with E-state index >= 15 is 0 Å². The van der Waals surface area contributed by atoms with Gasteiger partial charge in [-0.3, -0.25) is 0 Å². The summed E-state index contributed by atoms with van der Waals surface area (Å²) in [6.07, 6.45) is 4.91. The van der Waals surface area contributed by atoms with E-state index < -0.39 is 5.60 Å². The lowest BCUT2D eigenvalue weighted by molar-refractivity contribution is -0.0209. The van der Waals surface area contributed by atoms with E-state index in [4.69, 9.17) is 15.5 Å². The predicted octanol–water partition coefficient (Wildman–Crippen LogP) is 3.75. The molecule has 0 unspecified atom stereocenters. The highest BCUT2D eigenvalue weighted by Crippen LogP contribution is 2.39. The maximum Gasteiger partial charge on any atom is 0.162 e. The number of aromatic nitrogens is 2. The van der Waals surface area contributed by atoms with Crippen LogP contribution in [-0.2, 0) is 10.3 Å². The van der Waals surface area contributed by atoms with Gasteiger partial charge in [-0.05, 0) is 49.5 Å². The molecule has 0 radical (unpaired) electrons. The van der Waals surface area contributed by atoms with Crippen LogP contribution < -0.4 is 5.73 Å². The van der Waals surface area contributed by atoms with Crippen molar-refractivity contribution in [1.29, 1.82) is 0 Å². The summed E-state index contributed by atoms with van der Waals surface area (Å²) >= 11 is 3.54. The molecule has 0 aliphatic heterocycles. The van der Waals surface area contributed by atoms with Gasteiger partial charge < -0.3 is 10.5 Å². The number of hydrogen-bond acceptors (Lipinski definition) is 4. The van der Waals surface area contributed by atoms with Crippen molar-refractivity contribution in [3.63, 3.8) is 0 Å². The van der Waals surface area contributed by atoms with E-state index in [0.717, 1.165) is 10.2 Å². The molecule has 1 saturated carbocycles. The van der Waals surface area contributed by atoms with Crippen LogP contribution in [0.1, 0.15) is 63.9 Å². The molecule has 5 heteroatoms. The Morgan fingerprint density at radius 3 is 2.53 bits per heavy atom. The minimum absolute atomic E-state index is 0.496. The van der Waals surface area contributed by atoms with E-state index in [1.807, 2.05) is 20.8 Å². The van der Waals surface area contributed by atoms with Gasteiger partial charge in [-0.1, -0.05) is 12.8 Å². The number of rotatable bonds is 4. The zero-order chi connectivity index (χ0) is 14.0. The zero-order valence-electron chi connectivity index (χ0n) is 11.9. The van der Waals surface area contributed by atoms with Crippen LogP contribution in [0.4, 0.5) is 5.82 Å². The molecule has 106 valence electrons. The van der Waals surface area contributed by atoms with Crippen LogP contribution >= 0.6 is 15.9 Å². The molecule has 1 aromatic rings. The first-order valence-electron chi connectivity index (χ1n) is 6.93. The fraction of sp³-hybridized carbons (Fsp3) is 0.714. The van der Waals surface area contributed by atoms with E-state index in [1.54, 1.807) is 0 Å². The third-order valence-electron chi connectivity index (χ3n) is 3.69. The minimum atomic E-state index is -0.503. The normalized spacial score (nSPS) is 17.1. The van der Waals surface area contributed by atoms with Gasteiger partial charge in [0, 0.05) is 12.5 Å². The van der Waals surface area contributed by atoms with Crippen molar-refractivity contribution in [2.75, 3.05) is 12.3 Å². The first-order chi connectivity index (χ1) is 8.95. The number of halogens is 1. The van der Waals surface area contributed by atoms with E-state index in [2.05, 4.69) is 20.9 Å². The summed E-state index contributed by atoms with van der Waals surface area (Å²) in [5.74, 6) is 1.69. The standard InChI is InChI=1S/C14H22BrN3O/c1-4-19-14(2,3)13-17-11(9-7-5-6-8-9)10(15)12(16)18-13/h9H,4-8H2,1-3H3,(H2,16,17,18). The second-order valence-corrected chi connectivity index (χ2v) is 6.35. The van der Waals surface area contributed by atoms with Crippen molar-refractivity contribution in [3.8, 4) is 0 Å². The van der Waals surface area contributed by atoms with Gasteiger partial charge in [-0.15, -0.1) is 0 Å². The molecule has 0 saturated heterocycles. The molecule has 0 spiro atoms. The fourth-order valence-electron chi connectivity index (χ4n) is 2.65. The summed E-state index contributed by atoms with van der Waals surface area (Å²) in [7, 11) is 0. The van der Waals surface area contributed by atoms with Gasteiger partial charge in [0.15, 0.2) is 5.82 Å². The quantitative estimate of drug-likeness (QED) is 0.914. The lowest BCUT2D eigenvalue weighted by Gasteiger charge is -2.25. The molecule has 0 bridgehead atoms. The Kier molecular flexibility index (Phi) is 4.46. The van der Waals surface area contributed by atoms with Gasteiger partial charge >= 0.3 is 0 Å². The largest absolute Gasteiger partial charge is 0.383 e. The Morgan fingerprint density at radius 2 is 1.95 bits per heavy atom. The van der Waals surface area contributed by atoms with Crippen molar-refractivity contribution in [2.24, 2.45) is 0 Å². The molecule has 0 amide bonds. The molecule has 1 aliphatic rings. The smallest absolute Gasteiger partial charge is 0.162 e. The number of nitrogen functional groups attached to an aromatic ring is 1. The van der Waals surface area contributed by atoms with Crippen LogP contribution in [0.3, 0.4) is 0 Å². The summed E-state index contributed by atoms with van der Waals surface area (Å²) in [5, 5.41) is 0. The molecule has 2 rings (SSSR count). The maximum absolute atomic E-state index is 6.03. The van der Waals surface area contributed by atoms with Gasteiger partial charge in [0.1, 0.15) is 11.4 Å². The van der Waals surface area contributed by atoms with Crippen molar-refractivity contribution in [3.05, 3.63) is 16.0 Å². The minimum Gasteiger partial charge on any atom is -0.383 e. The Balaban J connectivity index is 2.41. The number of ether oxygens (including phenoxy) is 1. The van der Waals surface area contributed by atoms with Crippen molar-refractivity contribution in [1.82, 2.24) is 9.97 Å². The molecule has 0 atom stereocenters. The molecule has 19 heavy (non-hydrogen) atoms. The first kappa shape index (κ1) is 14.7. The van der Waals surface area contributed by atoms with E-state index in [0.29, 0.717) is 24.2 Å². The van der Waals surface area contributed by atoms with Crippen LogP contribution in [0, 0.1) is 0 Å².